The van der Waals surface area contributed by atoms with E-state index in [1.165, 1.54) is 11.3 Å². The summed E-state index contributed by atoms with van der Waals surface area (Å²) in [6, 6.07) is 8.61. The summed E-state index contributed by atoms with van der Waals surface area (Å²) in [5.74, 6) is 0. The van der Waals surface area contributed by atoms with Crippen molar-refractivity contribution in [1.82, 2.24) is 0 Å². The molecule has 2 N–H and O–H groups in total. The lowest BCUT2D eigenvalue weighted by Gasteiger charge is -2.20. The van der Waals surface area contributed by atoms with Crippen LogP contribution in [0.1, 0.15) is 31.9 Å². The van der Waals surface area contributed by atoms with E-state index in [0.29, 0.717) is 0 Å². The first-order chi connectivity index (χ1) is 7.54. The molecule has 0 amide bonds. The maximum absolute atomic E-state index is 5.97. The fourth-order valence-electron chi connectivity index (χ4n) is 1.71. The first-order valence-corrected chi connectivity index (χ1v) is 5.75. The Hall–Kier alpha value is -1.28. The highest BCUT2D eigenvalue weighted by molar-refractivity contribution is 5.48. The van der Waals surface area contributed by atoms with Crippen LogP contribution in [0, 0.1) is 0 Å². The van der Waals surface area contributed by atoms with E-state index in [0.717, 1.165) is 18.5 Å². The minimum Gasteiger partial charge on any atom is -0.371 e. The van der Waals surface area contributed by atoms with Gasteiger partial charge in [0.1, 0.15) is 0 Å². The van der Waals surface area contributed by atoms with Gasteiger partial charge in [0, 0.05) is 25.3 Å². The number of nitrogens with zero attached hydrogens (tertiary/aromatic N) is 1. The van der Waals surface area contributed by atoms with Gasteiger partial charge in [-0.1, -0.05) is 31.2 Å². The predicted octanol–water partition coefficient (Wildman–Crippen LogP) is 3.11. The Morgan fingerprint density at radius 3 is 2.38 bits per heavy atom. The van der Waals surface area contributed by atoms with Gasteiger partial charge < -0.3 is 10.6 Å². The average Bonchev–Trinajstić information content (AvgIpc) is 2.27. The van der Waals surface area contributed by atoms with Gasteiger partial charge in [0.2, 0.25) is 0 Å². The molecule has 1 rings (SSSR count). The fourth-order valence-corrected chi connectivity index (χ4v) is 1.71. The molecule has 0 heterocycles. The summed E-state index contributed by atoms with van der Waals surface area (Å²) in [6.45, 7) is 8.95. The van der Waals surface area contributed by atoms with Crippen molar-refractivity contribution in [2.24, 2.45) is 5.73 Å². The standard InChI is InChI=1S/C14H22N2/c1-5-14(15)12-6-8-13(9-7-12)16(4)10-11(2)3/h6-9,14H,2,5,10,15H2,1,3-4H3/t14-/m1/s1. The van der Waals surface area contributed by atoms with Gasteiger partial charge >= 0.3 is 0 Å². The zero-order chi connectivity index (χ0) is 12.1. The highest BCUT2D eigenvalue weighted by Crippen LogP contribution is 2.19. The smallest absolute Gasteiger partial charge is 0.0380 e. The summed E-state index contributed by atoms with van der Waals surface area (Å²) >= 11 is 0. The van der Waals surface area contributed by atoms with Crippen LogP contribution in [0.3, 0.4) is 0 Å². The molecule has 0 aliphatic heterocycles. The Bertz CT molecular complexity index is 340. The molecule has 0 aliphatic rings. The lowest BCUT2D eigenvalue weighted by Crippen LogP contribution is -2.19. The summed E-state index contributed by atoms with van der Waals surface area (Å²) in [5.41, 5.74) is 9.54. The summed E-state index contributed by atoms with van der Waals surface area (Å²) < 4.78 is 0. The van der Waals surface area contributed by atoms with Crippen molar-refractivity contribution in [3.8, 4) is 0 Å². The molecule has 1 aromatic rings. The van der Waals surface area contributed by atoms with Crippen molar-refractivity contribution < 1.29 is 0 Å². The molecule has 1 aromatic carbocycles. The van der Waals surface area contributed by atoms with Gasteiger partial charge in [-0.05, 0) is 31.0 Å². The van der Waals surface area contributed by atoms with Crippen LogP contribution >= 0.6 is 0 Å². The van der Waals surface area contributed by atoms with Crippen molar-refractivity contribution in [3.05, 3.63) is 42.0 Å². The van der Waals surface area contributed by atoms with Gasteiger partial charge in [-0.15, -0.1) is 0 Å². The van der Waals surface area contributed by atoms with Gasteiger partial charge in [0.25, 0.3) is 0 Å². The topological polar surface area (TPSA) is 29.3 Å². The second kappa shape index (κ2) is 5.71. The second-order valence-electron chi connectivity index (χ2n) is 4.42. The lowest BCUT2D eigenvalue weighted by atomic mass is 10.1. The zero-order valence-corrected chi connectivity index (χ0v) is 10.5. The molecule has 0 saturated carbocycles. The number of anilines is 1. The molecule has 88 valence electrons. The lowest BCUT2D eigenvalue weighted by molar-refractivity contribution is 0.698. The van der Waals surface area contributed by atoms with Gasteiger partial charge in [-0.3, -0.25) is 0 Å². The SMILES string of the molecule is C=C(C)CN(C)c1ccc([C@H](N)CC)cc1. The molecule has 2 nitrogen and oxygen atoms in total. The van der Waals surface area contributed by atoms with Crippen molar-refractivity contribution in [1.29, 1.82) is 0 Å². The summed E-state index contributed by atoms with van der Waals surface area (Å²) in [5, 5.41) is 0. The Labute approximate surface area is 98.8 Å². The Morgan fingerprint density at radius 2 is 1.94 bits per heavy atom. The van der Waals surface area contributed by atoms with Gasteiger partial charge in [-0.2, -0.15) is 0 Å². The third-order valence-corrected chi connectivity index (χ3v) is 2.71. The number of hydrogen-bond donors (Lipinski definition) is 1. The first-order valence-electron chi connectivity index (χ1n) is 5.75. The number of likely N-dealkylation sites (N-methyl/N-ethyl adjacent to an activating group) is 1. The van der Waals surface area contributed by atoms with Crippen molar-refractivity contribution in [3.63, 3.8) is 0 Å². The van der Waals surface area contributed by atoms with E-state index in [1.807, 2.05) is 6.92 Å². The normalized spacial score (nSPS) is 12.2. The highest BCUT2D eigenvalue weighted by atomic mass is 15.1. The minimum atomic E-state index is 0.153. The van der Waals surface area contributed by atoms with Crippen molar-refractivity contribution >= 4 is 5.69 Å². The van der Waals surface area contributed by atoms with E-state index in [4.69, 9.17) is 5.73 Å². The van der Waals surface area contributed by atoms with Gasteiger partial charge in [0.15, 0.2) is 0 Å². The molecule has 1 atom stereocenters. The predicted molar refractivity (Wildman–Crippen MR) is 71.7 cm³/mol. The van der Waals surface area contributed by atoms with E-state index in [2.05, 4.69) is 49.7 Å². The second-order valence-corrected chi connectivity index (χ2v) is 4.42. The number of nitrogens with two attached hydrogens (primary N) is 1. The van der Waals surface area contributed by atoms with E-state index in [-0.39, 0.29) is 6.04 Å². The van der Waals surface area contributed by atoms with Crippen LogP contribution in [0.4, 0.5) is 5.69 Å². The molecular formula is C14H22N2. The van der Waals surface area contributed by atoms with Crippen LogP contribution in [0.2, 0.25) is 0 Å². The molecule has 0 aromatic heterocycles. The molecule has 0 radical (unpaired) electrons. The molecule has 0 bridgehead atoms. The average molecular weight is 218 g/mol. The Kier molecular flexibility index (Phi) is 4.56. The van der Waals surface area contributed by atoms with Crippen molar-refractivity contribution in [2.75, 3.05) is 18.5 Å². The largest absolute Gasteiger partial charge is 0.371 e. The molecule has 0 aliphatic carbocycles. The van der Waals surface area contributed by atoms with E-state index in [1.54, 1.807) is 0 Å². The molecule has 0 saturated heterocycles. The third-order valence-electron chi connectivity index (χ3n) is 2.71. The summed E-state index contributed by atoms with van der Waals surface area (Å²) in [4.78, 5) is 2.18. The van der Waals surface area contributed by atoms with Crippen LogP contribution in [0.15, 0.2) is 36.4 Å². The van der Waals surface area contributed by atoms with E-state index >= 15 is 0 Å². The van der Waals surface area contributed by atoms with Crippen LogP contribution in [-0.2, 0) is 0 Å². The Balaban J connectivity index is 2.74. The summed E-state index contributed by atoms with van der Waals surface area (Å²) in [7, 11) is 2.07. The third kappa shape index (κ3) is 3.38. The minimum absolute atomic E-state index is 0.153. The number of hydrogen-bond acceptors (Lipinski definition) is 2. The number of rotatable bonds is 5. The quantitative estimate of drug-likeness (QED) is 0.769. The molecule has 0 spiro atoms. The monoisotopic (exact) mass is 218 g/mol. The van der Waals surface area contributed by atoms with E-state index < -0.39 is 0 Å². The molecule has 2 heteroatoms. The molecule has 0 unspecified atom stereocenters. The van der Waals surface area contributed by atoms with Crippen molar-refractivity contribution in [2.45, 2.75) is 26.3 Å². The maximum Gasteiger partial charge on any atom is 0.0380 e. The fraction of sp³-hybridized carbons (Fsp3) is 0.429. The van der Waals surface area contributed by atoms with Crippen LogP contribution in [0.25, 0.3) is 0 Å². The molecule has 0 fully saturated rings. The first kappa shape index (κ1) is 12.8. The number of benzene rings is 1. The molecular weight excluding hydrogens is 196 g/mol. The summed E-state index contributed by atoms with van der Waals surface area (Å²) in [6.07, 6.45) is 0.973. The van der Waals surface area contributed by atoms with Gasteiger partial charge in [-0.25, -0.2) is 0 Å². The van der Waals surface area contributed by atoms with Gasteiger partial charge in [0.05, 0.1) is 0 Å². The maximum atomic E-state index is 5.97. The van der Waals surface area contributed by atoms with Crippen LogP contribution in [-0.4, -0.2) is 13.6 Å². The Morgan fingerprint density at radius 1 is 1.38 bits per heavy atom. The van der Waals surface area contributed by atoms with E-state index in [9.17, 15) is 0 Å². The highest BCUT2D eigenvalue weighted by Gasteiger charge is 2.04. The van der Waals surface area contributed by atoms with Crippen LogP contribution in [0.5, 0.6) is 0 Å². The molecule has 16 heavy (non-hydrogen) atoms. The zero-order valence-electron chi connectivity index (χ0n) is 10.5. The van der Waals surface area contributed by atoms with Crippen LogP contribution < -0.4 is 10.6 Å².